The second-order valence-electron chi connectivity index (χ2n) is 7.63. The normalized spacial score (nSPS) is 16.3. The molecule has 1 aliphatic rings. The summed E-state index contributed by atoms with van der Waals surface area (Å²) in [6.45, 7) is 5.74. The first kappa shape index (κ1) is 18.9. The van der Waals surface area contributed by atoms with E-state index in [2.05, 4.69) is 40.0 Å². The van der Waals surface area contributed by atoms with Crippen molar-refractivity contribution in [1.29, 1.82) is 0 Å². The number of thiophene rings is 1. The topological polar surface area (TPSA) is 58.1 Å². The number of anilines is 1. The fourth-order valence-electron chi connectivity index (χ4n) is 3.88. The van der Waals surface area contributed by atoms with Crippen molar-refractivity contribution in [3.8, 4) is 0 Å². The van der Waals surface area contributed by atoms with E-state index in [4.69, 9.17) is 9.97 Å². The van der Waals surface area contributed by atoms with Gasteiger partial charge in [0.15, 0.2) is 0 Å². The number of rotatable bonds is 5. The first-order valence-electron chi connectivity index (χ1n) is 9.90. The number of amides is 1. The highest BCUT2D eigenvalue weighted by atomic mass is 32.1. The lowest BCUT2D eigenvalue weighted by molar-refractivity contribution is -0.126. The Hall–Kier alpha value is -2.47. The fraction of sp³-hybridized carbons (Fsp3) is 0.409. The molecule has 28 heavy (non-hydrogen) atoms. The van der Waals surface area contributed by atoms with E-state index in [1.807, 2.05) is 25.1 Å². The Morgan fingerprint density at radius 1 is 1.25 bits per heavy atom. The van der Waals surface area contributed by atoms with Gasteiger partial charge in [0.1, 0.15) is 0 Å². The van der Waals surface area contributed by atoms with Crippen LogP contribution in [0.15, 0.2) is 41.1 Å². The van der Waals surface area contributed by atoms with Gasteiger partial charge in [-0.15, -0.1) is 0 Å². The van der Waals surface area contributed by atoms with E-state index in [9.17, 15) is 4.79 Å². The molecule has 1 saturated heterocycles. The highest BCUT2D eigenvalue weighted by Gasteiger charge is 2.27. The minimum atomic E-state index is 0.0720. The van der Waals surface area contributed by atoms with Crippen LogP contribution in [0.1, 0.15) is 31.0 Å². The third-order valence-electron chi connectivity index (χ3n) is 5.44. The molecule has 1 amide bonds. The standard InChI is InChI=1S/C22H26N4OS/c1-15(13-17-9-12-28-14-17)23-21(27)18-7-10-26(11-8-18)22-24-16(2)19-5-3-4-6-20(19)25-22/h3-6,9,12,14-15,18H,7-8,10-11,13H2,1-2H3,(H,23,27)/t15-/m0/s1. The van der Waals surface area contributed by atoms with Crippen molar-refractivity contribution in [2.24, 2.45) is 5.92 Å². The molecule has 0 aliphatic carbocycles. The number of carbonyl (C=O) groups excluding carboxylic acids is 1. The zero-order valence-corrected chi connectivity index (χ0v) is 17.2. The Bertz CT molecular complexity index is 948. The van der Waals surface area contributed by atoms with Crippen molar-refractivity contribution in [1.82, 2.24) is 15.3 Å². The SMILES string of the molecule is Cc1nc(N2CCC(C(=O)N[C@@H](C)Cc3ccsc3)CC2)nc2ccccc12. The molecule has 4 rings (SSSR count). The second-order valence-corrected chi connectivity index (χ2v) is 8.41. The molecule has 6 heteroatoms. The number of piperidine rings is 1. The summed E-state index contributed by atoms with van der Waals surface area (Å²) in [7, 11) is 0. The molecule has 1 atom stereocenters. The predicted octanol–water partition coefficient (Wildman–Crippen LogP) is 3.96. The van der Waals surface area contributed by atoms with Crippen LogP contribution in [-0.4, -0.2) is 35.0 Å². The van der Waals surface area contributed by atoms with E-state index in [1.54, 1.807) is 11.3 Å². The van der Waals surface area contributed by atoms with Crippen molar-refractivity contribution in [2.75, 3.05) is 18.0 Å². The number of aromatic nitrogens is 2. The Morgan fingerprint density at radius 3 is 2.79 bits per heavy atom. The molecular formula is C22H26N4OS. The van der Waals surface area contributed by atoms with Crippen LogP contribution in [0.2, 0.25) is 0 Å². The van der Waals surface area contributed by atoms with Gasteiger partial charge in [0.25, 0.3) is 0 Å². The number of carbonyl (C=O) groups is 1. The van der Waals surface area contributed by atoms with E-state index < -0.39 is 0 Å². The quantitative estimate of drug-likeness (QED) is 0.712. The minimum absolute atomic E-state index is 0.0720. The van der Waals surface area contributed by atoms with Crippen LogP contribution >= 0.6 is 11.3 Å². The Labute approximate surface area is 169 Å². The minimum Gasteiger partial charge on any atom is -0.353 e. The average molecular weight is 395 g/mol. The van der Waals surface area contributed by atoms with Gasteiger partial charge in [-0.3, -0.25) is 4.79 Å². The van der Waals surface area contributed by atoms with Gasteiger partial charge in [0, 0.05) is 30.4 Å². The molecule has 1 N–H and O–H groups in total. The highest BCUT2D eigenvalue weighted by molar-refractivity contribution is 7.07. The number of hydrogen-bond donors (Lipinski definition) is 1. The summed E-state index contributed by atoms with van der Waals surface area (Å²) >= 11 is 1.70. The number of nitrogens with one attached hydrogen (secondary N) is 1. The third-order valence-corrected chi connectivity index (χ3v) is 6.17. The largest absolute Gasteiger partial charge is 0.353 e. The van der Waals surface area contributed by atoms with Crippen LogP contribution in [0.25, 0.3) is 10.9 Å². The molecule has 0 radical (unpaired) electrons. The molecule has 5 nitrogen and oxygen atoms in total. The summed E-state index contributed by atoms with van der Waals surface area (Å²) in [5, 5.41) is 8.51. The van der Waals surface area contributed by atoms with E-state index in [0.717, 1.165) is 54.9 Å². The van der Waals surface area contributed by atoms with Crippen molar-refractivity contribution in [3.63, 3.8) is 0 Å². The summed E-state index contributed by atoms with van der Waals surface area (Å²) in [5.41, 5.74) is 3.27. The molecule has 3 heterocycles. The molecule has 1 aliphatic heterocycles. The molecule has 3 aromatic rings. The number of para-hydroxylation sites is 1. The summed E-state index contributed by atoms with van der Waals surface area (Å²) in [5.74, 6) is 1.03. The van der Waals surface area contributed by atoms with Crippen LogP contribution in [0.5, 0.6) is 0 Å². The van der Waals surface area contributed by atoms with Crippen LogP contribution in [0.4, 0.5) is 5.95 Å². The average Bonchev–Trinajstić information content (AvgIpc) is 3.21. The lowest BCUT2D eigenvalue weighted by Crippen LogP contribution is -2.44. The van der Waals surface area contributed by atoms with Crippen LogP contribution in [0.3, 0.4) is 0 Å². The predicted molar refractivity (Wildman–Crippen MR) is 115 cm³/mol. The van der Waals surface area contributed by atoms with Gasteiger partial charge in [-0.2, -0.15) is 11.3 Å². The van der Waals surface area contributed by atoms with E-state index in [-0.39, 0.29) is 17.9 Å². The van der Waals surface area contributed by atoms with Crippen molar-refractivity contribution in [3.05, 3.63) is 52.3 Å². The van der Waals surface area contributed by atoms with Crippen molar-refractivity contribution in [2.45, 2.75) is 39.2 Å². The van der Waals surface area contributed by atoms with Gasteiger partial charge >= 0.3 is 0 Å². The maximum Gasteiger partial charge on any atom is 0.226 e. The number of fused-ring (bicyclic) bond motifs is 1. The van der Waals surface area contributed by atoms with Crippen molar-refractivity contribution < 1.29 is 4.79 Å². The summed E-state index contributed by atoms with van der Waals surface area (Å²) in [6, 6.07) is 10.4. The fourth-order valence-corrected chi connectivity index (χ4v) is 4.56. The summed E-state index contributed by atoms with van der Waals surface area (Å²) < 4.78 is 0. The number of aryl methyl sites for hydroxylation is 1. The molecule has 0 saturated carbocycles. The smallest absolute Gasteiger partial charge is 0.226 e. The van der Waals surface area contributed by atoms with Gasteiger partial charge in [-0.1, -0.05) is 18.2 Å². The molecule has 0 unspecified atom stereocenters. The third kappa shape index (κ3) is 4.17. The van der Waals surface area contributed by atoms with Gasteiger partial charge in [-0.05, 0) is 61.6 Å². The number of benzene rings is 1. The van der Waals surface area contributed by atoms with Crippen LogP contribution < -0.4 is 10.2 Å². The molecular weight excluding hydrogens is 368 g/mol. The Kier molecular flexibility index (Phi) is 5.57. The van der Waals surface area contributed by atoms with E-state index in [0.29, 0.717) is 0 Å². The van der Waals surface area contributed by atoms with E-state index >= 15 is 0 Å². The molecule has 2 aromatic heterocycles. The summed E-state index contributed by atoms with van der Waals surface area (Å²) in [6.07, 6.45) is 2.57. The maximum absolute atomic E-state index is 12.7. The number of hydrogen-bond acceptors (Lipinski definition) is 5. The molecule has 1 fully saturated rings. The first-order chi connectivity index (χ1) is 13.6. The molecule has 0 bridgehead atoms. The second kappa shape index (κ2) is 8.27. The Morgan fingerprint density at radius 2 is 2.04 bits per heavy atom. The molecule has 146 valence electrons. The zero-order valence-electron chi connectivity index (χ0n) is 16.4. The Balaban J connectivity index is 1.34. The van der Waals surface area contributed by atoms with Gasteiger partial charge in [0.05, 0.1) is 11.2 Å². The van der Waals surface area contributed by atoms with Crippen molar-refractivity contribution >= 4 is 34.1 Å². The summed E-state index contributed by atoms with van der Waals surface area (Å²) in [4.78, 5) is 24.3. The zero-order chi connectivity index (χ0) is 19.5. The van der Waals surface area contributed by atoms with E-state index in [1.165, 1.54) is 5.56 Å². The molecule has 1 aromatic carbocycles. The van der Waals surface area contributed by atoms with Crippen LogP contribution in [-0.2, 0) is 11.2 Å². The lowest BCUT2D eigenvalue weighted by atomic mass is 9.95. The monoisotopic (exact) mass is 394 g/mol. The van der Waals surface area contributed by atoms with Gasteiger partial charge in [0.2, 0.25) is 11.9 Å². The van der Waals surface area contributed by atoms with Gasteiger partial charge < -0.3 is 10.2 Å². The van der Waals surface area contributed by atoms with Crippen LogP contribution in [0, 0.1) is 12.8 Å². The maximum atomic E-state index is 12.7. The first-order valence-corrected chi connectivity index (χ1v) is 10.8. The lowest BCUT2D eigenvalue weighted by Gasteiger charge is -2.32. The highest BCUT2D eigenvalue weighted by Crippen LogP contribution is 2.24. The van der Waals surface area contributed by atoms with Gasteiger partial charge in [-0.25, -0.2) is 9.97 Å². The number of nitrogens with zero attached hydrogens (tertiary/aromatic N) is 3. The molecule has 0 spiro atoms.